The molecule has 0 aliphatic heterocycles. The summed E-state index contributed by atoms with van der Waals surface area (Å²) in [5.74, 6) is 0. The molecule has 1 heterocycles. The van der Waals surface area contributed by atoms with Gasteiger partial charge in [0.05, 0.1) is 0 Å². The van der Waals surface area contributed by atoms with Crippen LogP contribution in [0.3, 0.4) is 0 Å². The molecule has 0 aliphatic carbocycles. The van der Waals surface area contributed by atoms with Gasteiger partial charge in [-0.05, 0) is 22.6 Å². The summed E-state index contributed by atoms with van der Waals surface area (Å²) in [6, 6.07) is 23.3. The lowest BCUT2D eigenvalue weighted by Crippen LogP contribution is -2.12. The van der Waals surface area contributed by atoms with E-state index in [4.69, 9.17) is 4.42 Å². The molecule has 4 rings (SSSR count). The van der Waals surface area contributed by atoms with Gasteiger partial charge in [-0.2, -0.15) is 0 Å². The first-order valence-corrected chi connectivity index (χ1v) is 8.06. The van der Waals surface area contributed by atoms with Gasteiger partial charge in [-0.3, -0.25) is 0 Å². The Morgan fingerprint density at radius 3 is 2.13 bits per heavy atom. The number of para-hydroxylation sites is 2. The van der Waals surface area contributed by atoms with Gasteiger partial charge in [-0.25, -0.2) is 0 Å². The fourth-order valence-corrected chi connectivity index (χ4v) is 3.33. The Kier molecular flexibility index (Phi) is 3.05. The first-order valence-electron chi connectivity index (χ1n) is 8.06. The topological polar surface area (TPSA) is 13.1 Å². The van der Waals surface area contributed by atoms with Crippen molar-refractivity contribution in [2.75, 3.05) is 0 Å². The maximum Gasteiger partial charge on any atom is 0.143 e. The fourth-order valence-electron chi connectivity index (χ4n) is 3.33. The zero-order valence-corrected chi connectivity index (χ0v) is 13.8. The van der Waals surface area contributed by atoms with E-state index >= 15 is 0 Å². The number of fused-ring (bicyclic) bond motifs is 3. The molecule has 0 fully saturated rings. The number of benzene rings is 3. The highest BCUT2D eigenvalue weighted by Gasteiger charge is 2.20. The Labute approximate surface area is 136 Å². The van der Waals surface area contributed by atoms with E-state index in [9.17, 15) is 0 Å². The highest BCUT2D eigenvalue weighted by molar-refractivity contribution is 6.09. The van der Waals surface area contributed by atoms with Gasteiger partial charge in [0, 0.05) is 16.3 Å². The zero-order valence-electron chi connectivity index (χ0n) is 13.8. The molecule has 0 saturated carbocycles. The predicted octanol–water partition coefficient (Wildman–Crippen LogP) is 6.55. The molecule has 0 radical (unpaired) electrons. The Morgan fingerprint density at radius 2 is 1.30 bits per heavy atom. The van der Waals surface area contributed by atoms with Crippen molar-refractivity contribution in [2.24, 2.45) is 0 Å². The summed E-state index contributed by atoms with van der Waals surface area (Å²) in [5.41, 5.74) is 5.78. The Balaban J connectivity index is 2.08. The molecule has 4 aromatic rings. The van der Waals surface area contributed by atoms with Gasteiger partial charge >= 0.3 is 0 Å². The zero-order chi connectivity index (χ0) is 16.0. The van der Waals surface area contributed by atoms with E-state index in [2.05, 4.69) is 75.4 Å². The highest BCUT2D eigenvalue weighted by atomic mass is 16.3. The van der Waals surface area contributed by atoms with Crippen LogP contribution in [-0.4, -0.2) is 0 Å². The van der Waals surface area contributed by atoms with Crippen LogP contribution in [0.2, 0.25) is 0 Å². The largest absolute Gasteiger partial charge is 0.455 e. The van der Waals surface area contributed by atoms with Crippen molar-refractivity contribution in [1.82, 2.24) is 0 Å². The standard InChI is InChI=1S/C22H20O/c1-22(2,3)19-13-6-4-9-15(19)17-11-8-12-18-16-10-5-7-14-20(16)23-21(17)18/h4-14H,1-3H3. The third kappa shape index (κ3) is 2.24. The van der Waals surface area contributed by atoms with E-state index in [0.29, 0.717) is 0 Å². The maximum absolute atomic E-state index is 6.21. The van der Waals surface area contributed by atoms with E-state index < -0.39 is 0 Å². The van der Waals surface area contributed by atoms with Gasteiger partial charge in [-0.1, -0.05) is 81.4 Å². The Bertz CT molecular complexity index is 999. The SMILES string of the molecule is CC(C)(C)c1ccccc1-c1cccc2c1oc1ccccc12. The molecule has 0 N–H and O–H groups in total. The predicted molar refractivity (Wildman–Crippen MR) is 97.9 cm³/mol. The lowest BCUT2D eigenvalue weighted by Gasteiger charge is -2.23. The third-order valence-electron chi connectivity index (χ3n) is 4.43. The summed E-state index contributed by atoms with van der Waals surface area (Å²) in [5, 5.41) is 2.36. The van der Waals surface area contributed by atoms with Crippen LogP contribution in [0.1, 0.15) is 26.3 Å². The molecule has 0 unspecified atom stereocenters. The van der Waals surface area contributed by atoms with Gasteiger partial charge in [0.15, 0.2) is 0 Å². The summed E-state index contributed by atoms with van der Waals surface area (Å²) >= 11 is 0. The second-order valence-electron chi connectivity index (χ2n) is 7.08. The molecule has 0 bridgehead atoms. The van der Waals surface area contributed by atoms with Crippen molar-refractivity contribution in [3.8, 4) is 11.1 Å². The normalized spacial score (nSPS) is 12.1. The van der Waals surface area contributed by atoms with Crippen LogP contribution >= 0.6 is 0 Å². The average Bonchev–Trinajstić information content (AvgIpc) is 2.93. The maximum atomic E-state index is 6.21. The van der Waals surface area contributed by atoms with Gasteiger partial charge in [0.25, 0.3) is 0 Å². The van der Waals surface area contributed by atoms with Crippen molar-refractivity contribution >= 4 is 21.9 Å². The minimum absolute atomic E-state index is 0.0881. The molecule has 1 nitrogen and oxygen atoms in total. The molecule has 0 amide bonds. The smallest absolute Gasteiger partial charge is 0.143 e. The summed E-state index contributed by atoms with van der Waals surface area (Å²) in [6.45, 7) is 6.76. The molecular weight excluding hydrogens is 280 g/mol. The van der Waals surface area contributed by atoms with Gasteiger partial charge in [0.1, 0.15) is 11.2 Å². The van der Waals surface area contributed by atoms with Crippen LogP contribution in [0.4, 0.5) is 0 Å². The molecule has 23 heavy (non-hydrogen) atoms. The van der Waals surface area contributed by atoms with Crippen LogP contribution in [-0.2, 0) is 5.41 Å². The van der Waals surface area contributed by atoms with Crippen molar-refractivity contribution in [3.05, 3.63) is 72.3 Å². The third-order valence-corrected chi connectivity index (χ3v) is 4.43. The summed E-state index contributed by atoms with van der Waals surface area (Å²) in [4.78, 5) is 0. The molecule has 0 spiro atoms. The van der Waals surface area contributed by atoms with Crippen molar-refractivity contribution in [2.45, 2.75) is 26.2 Å². The van der Waals surface area contributed by atoms with Crippen molar-refractivity contribution < 1.29 is 4.42 Å². The highest BCUT2D eigenvalue weighted by Crippen LogP contribution is 2.39. The first-order chi connectivity index (χ1) is 11.1. The minimum Gasteiger partial charge on any atom is -0.455 e. The van der Waals surface area contributed by atoms with Crippen LogP contribution in [0.5, 0.6) is 0 Å². The van der Waals surface area contributed by atoms with Crippen LogP contribution in [0.25, 0.3) is 33.1 Å². The monoisotopic (exact) mass is 300 g/mol. The number of furan rings is 1. The van der Waals surface area contributed by atoms with Crippen LogP contribution < -0.4 is 0 Å². The van der Waals surface area contributed by atoms with Crippen molar-refractivity contribution in [3.63, 3.8) is 0 Å². The number of hydrogen-bond acceptors (Lipinski definition) is 1. The average molecular weight is 300 g/mol. The number of rotatable bonds is 1. The summed E-state index contributed by atoms with van der Waals surface area (Å²) in [6.07, 6.45) is 0. The summed E-state index contributed by atoms with van der Waals surface area (Å²) < 4.78 is 6.21. The first kappa shape index (κ1) is 14.1. The molecule has 3 aromatic carbocycles. The van der Waals surface area contributed by atoms with E-state index in [1.54, 1.807) is 0 Å². The molecule has 1 aromatic heterocycles. The van der Waals surface area contributed by atoms with Gasteiger partial charge < -0.3 is 4.42 Å². The fraction of sp³-hybridized carbons (Fsp3) is 0.182. The molecule has 0 saturated heterocycles. The van der Waals surface area contributed by atoms with E-state index in [1.165, 1.54) is 27.5 Å². The Hall–Kier alpha value is -2.54. The van der Waals surface area contributed by atoms with Gasteiger partial charge in [-0.15, -0.1) is 0 Å². The number of hydrogen-bond donors (Lipinski definition) is 0. The molecule has 1 heteroatoms. The second-order valence-corrected chi connectivity index (χ2v) is 7.08. The summed E-state index contributed by atoms with van der Waals surface area (Å²) in [7, 11) is 0. The minimum atomic E-state index is 0.0881. The van der Waals surface area contributed by atoms with Gasteiger partial charge in [0.2, 0.25) is 0 Å². The lowest BCUT2D eigenvalue weighted by atomic mass is 9.81. The van der Waals surface area contributed by atoms with E-state index in [1.807, 2.05) is 12.1 Å². The Morgan fingerprint density at radius 1 is 0.652 bits per heavy atom. The second kappa shape index (κ2) is 4.99. The van der Waals surface area contributed by atoms with Crippen molar-refractivity contribution in [1.29, 1.82) is 0 Å². The lowest BCUT2D eigenvalue weighted by molar-refractivity contribution is 0.592. The van der Waals surface area contributed by atoms with Crippen LogP contribution in [0.15, 0.2) is 71.1 Å². The quantitative estimate of drug-likeness (QED) is 0.388. The molecular formula is C22H20O. The molecule has 0 atom stereocenters. The van der Waals surface area contributed by atoms with Crippen LogP contribution in [0, 0.1) is 0 Å². The molecule has 0 aliphatic rings. The van der Waals surface area contributed by atoms with E-state index in [0.717, 1.165) is 11.2 Å². The molecule has 114 valence electrons. The van der Waals surface area contributed by atoms with E-state index in [-0.39, 0.29) is 5.41 Å².